The summed E-state index contributed by atoms with van der Waals surface area (Å²) in [5.41, 5.74) is 0.177. The predicted octanol–water partition coefficient (Wildman–Crippen LogP) is 3.16. The first-order chi connectivity index (χ1) is 9.95. The first-order valence-corrected chi connectivity index (χ1v) is 8.25. The van der Waals surface area contributed by atoms with Crippen molar-refractivity contribution in [3.8, 4) is 0 Å². The summed E-state index contributed by atoms with van der Waals surface area (Å²) in [6, 6.07) is 2.10. The van der Waals surface area contributed by atoms with Crippen LogP contribution in [0.25, 0.3) is 0 Å². The minimum absolute atomic E-state index is 0.0104. The third kappa shape index (κ3) is 3.44. The second-order valence-corrected chi connectivity index (χ2v) is 6.57. The van der Waals surface area contributed by atoms with Gasteiger partial charge in [-0.2, -0.15) is 0 Å². The summed E-state index contributed by atoms with van der Waals surface area (Å²) in [5.74, 6) is -1.04. The molecule has 0 saturated carbocycles. The Labute approximate surface area is 136 Å². The van der Waals surface area contributed by atoms with Crippen molar-refractivity contribution in [1.82, 2.24) is 9.88 Å². The van der Waals surface area contributed by atoms with Crippen molar-refractivity contribution in [2.45, 2.75) is 31.2 Å². The van der Waals surface area contributed by atoms with Crippen LogP contribution in [0.3, 0.4) is 0 Å². The first kappa shape index (κ1) is 16.4. The Balaban J connectivity index is 2.34. The topological polar surface area (TPSA) is 70.5 Å². The Bertz CT molecular complexity index is 570. The third-order valence-corrected chi connectivity index (χ3v) is 5.05. The number of thioether (sulfide) groups is 1. The highest BCUT2D eigenvalue weighted by Crippen LogP contribution is 2.34. The van der Waals surface area contributed by atoms with E-state index in [4.69, 9.17) is 23.2 Å². The van der Waals surface area contributed by atoms with Gasteiger partial charge in [-0.15, -0.1) is 11.8 Å². The molecule has 2 rings (SSSR count). The predicted molar refractivity (Wildman–Crippen MR) is 83.0 cm³/mol. The number of aromatic nitrogens is 1. The number of rotatable bonds is 4. The molecule has 114 valence electrons. The number of carboxylic acids is 1. The van der Waals surface area contributed by atoms with E-state index in [0.717, 1.165) is 12.8 Å². The van der Waals surface area contributed by atoms with Gasteiger partial charge in [0, 0.05) is 5.75 Å². The van der Waals surface area contributed by atoms with Gasteiger partial charge >= 0.3 is 5.97 Å². The Morgan fingerprint density at radius 2 is 2.19 bits per heavy atom. The van der Waals surface area contributed by atoms with Crippen LogP contribution in [-0.2, 0) is 4.79 Å². The molecule has 0 radical (unpaired) electrons. The van der Waals surface area contributed by atoms with Crippen molar-refractivity contribution in [3.05, 3.63) is 28.0 Å². The molecule has 0 spiro atoms. The molecule has 1 amide bonds. The average Bonchev–Trinajstić information content (AvgIpc) is 2.82. The molecular formula is C13H14Cl2N2O3S. The van der Waals surface area contributed by atoms with Crippen LogP contribution in [0.2, 0.25) is 10.3 Å². The van der Waals surface area contributed by atoms with Crippen molar-refractivity contribution in [2.75, 3.05) is 5.75 Å². The molecule has 2 atom stereocenters. The van der Waals surface area contributed by atoms with Crippen LogP contribution in [0, 0.1) is 0 Å². The summed E-state index contributed by atoms with van der Waals surface area (Å²) >= 11 is 13.2. The lowest BCUT2D eigenvalue weighted by Crippen LogP contribution is -2.45. The molecule has 2 heterocycles. The molecule has 1 aliphatic rings. The fourth-order valence-electron chi connectivity index (χ4n) is 2.21. The molecule has 5 nitrogen and oxygen atoms in total. The van der Waals surface area contributed by atoms with E-state index in [1.54, 1.807) is 0 Å². The number of halogens is 2. The van der Waals surface area contributed by atoms with Gasteiger partial charge in [0.15, 0.2) is 0 Å². The van der Waals surface area contributed by atoms with E-state index >= 15 is 0 Å². The zero-order valence-electron chi connectivity index (χ0n) is 11.3. The average molecular weight is 349 g/mol. The minimum Gasteiger partial charge on any atom is -0.480 e. The summed E-state index contributed by atoms with van der Waals surface area (Å²) < 4.78 is 0. The Kier molecular flexibility index (Phi) is 5.35. The van der Waals surface area contributed by atoms with Gasteiger partial charge in [-0.05, 0) is 18.6 Å². The van der Waals surface area contributed by atoms with Gasteiger partial charge in [0.2, 0.25) is 0 Å². The van der Waals surface area contributed by atoms with Crippen molar-refractivity contribution in [3.63, 3.8) is 0 Å². The lowest BCUT2D eigenvalue weighted by Gasteiger charge is -2.27. The van der Waals surface area contributed by atoms with E-state index in [1.165, 1.54) is 28.8 Å². The summed E-state index contributed by atoms with van der Waals surface area (Å²) in [6.07, 6.45) is 1.60. The number of carbonyl (C=O) groups is 2. The molecule has 1 aliphatic heterocycles. The van der Waals surface area contributed by atoms with Crippen molar-refractivity contribution < 1.29 is 14.7 Å². The summed E-state index contributed by atoms with van der Waals surface area (Å²) in [4.78, 5) is 29.3. The van der Waals surface area contributed by atoms with Crippen LogP contribution in [0.5, 0.6) is 0 Å². The summed E-state index contributed by atoms with van der Waals surface area (Å²) in [7, 11) is 0. The van der Waals surface area contributed by atoms with E-state index in [1.807, 2.05) is 6.92 Å². The zero-order valence-corrected chi connectivity index (χ0v) is 13.6. The highest BCUT2D eigenvalue weighted by molar-refractivity contribution is 8.00. The van der Waals surface area contributed by atoms with Gasteiger partial charge in [-0.3, -0.25) is 4.79 Å². The molecular weight excluding hydrogens is 335 g/mol. The molecule has 2 unspecified atom stereocenters. The van der Waals surface area contributed by atoms with Crippen molar-refractivity contribution >= 4 is 46.8 Å². The number of nitrogens with zero attached hydrogens (tertiary/aromatic N) is 2. The molecule has 1 aromatic rings. The standard InChI is InChI=1S/C13H14Cl2N2O3S/c1-2-3-10-17(8(6-21-10)13(19)20)12(18)7-4-5-9(14)16-11(7)15/h4-5,8,10H,2-3,6H2,1H3,(H,19,20). The second-order valence-electron chi connectivity index (χ2n) is 4.62. The highest BCUT2D eigenvalue weighted by atomic mass is 35.5. The Morgan fingerprint density at radius 1 is 1.48 bits per heavy atom. The Hall–Kier alpha value is -0.980. The van der Waals surface area contributed by atoms with Crippen LogP contribution < -0.4 is 0 Å². The van der Waals surface area contributed by atoms with Gasteiger partial charge in [-0.1, -0.05) is 36.5 Å². The van der Waals surface area contributed by atoms with Gasteiger partial charge in [0.05, 0.1) is 10.9 Å². The van der Waals surface area contributed by atoms with Crippen molar-refractivity contribution in [1.29, 1.82) is 0 Å². The number of pyridine rings is 1. The van der Waals surface area contributed by atoms with Crippen LogP contribution in [-0.4, -0.2) is 44.0 Å². The lowest BCUT2D eigenvalue weighted by atomic mass is 10.2. The van der Waals surface area contributed by atoms with Gasteiger partial charge in [-0.25, -0.2) is 9.78 Å². The smallest absolute Gasteiger partial charge is 0.327 e. The van der Waals surface area contributed by atoms with E-state index in [0.29, 0.717) is 5.75 Å². The van der Waals surface area contributed by atoms with Crippen molar-refractivity contribution in [2.24, 2.45) is 0 Å². The fourth-order valence-corrected chi connectivity index (χ4v) is 4.15. The zero-order chi connectivity index (χ0) is 15.6. The maximum absolute atomic E-state index is 12.7. The molecule has 1 N–H and O–H groups in total. The monoisotopic (exact) mass is 348 g/mol. The van der Waals surface area contributed by atoms with Crippen LogP contribution in [0.1, 0.15) is 30.1 Å². The largest absolute Gasteiger partial charge is 0.480 e. The summed E-state index contributed by atoms with van der Waals surface area (Å²) in [6.45, 7) is 1.99. The Morgan fingerprint density at radius 3 is 2.76 bits per heavy atom. The van der Waals surface area contributed by atoms with Gasteiger partial charge in [0.1, 0.15) is 16.3 Å². The van der Waals surface area contributed by atoms with E-state index in [2.05, 4.69) is 4.98 Å². The van der Waals surface area contributed by atoms with E-state index < -0.39 is 17.9 Å². The van der Waals surface area contributed by atoms with E-state index in [-0.39, 0.29) is 21.2 Å². The molecule has 0 aromatic carbocycles. The molecule has 0 aliphatic carbocycles. The van der Waals surface area contributed by atoms with Crippen LogP contribution >= 0.6 is 35.0 Å². The number of carbonyl (C=O) groups excluding carboxylic acids is 1. The minimum atomic E-state index is -1.01. The lowest BCUT2D eigenvalue weighted by molar-refractivity contribution is -0.141. The maximum atomic E-state index is 12.7. The normalized spacial score (nSPS) is 21.6. The van der Waals surface area contributed by atoms with E-state index in [9.17, 15) is 14.7 Å². The number of carboxylic acid groups (broad SMARTS) is 1. The number of hydrogen-bond acceptors (Lipinski definition) is 4. The number of aliphatic carboxylic acids is 1. The molecule has 1 aromatic heterocycles. The second kappa shape index (κ2) is 6.85. The fraction of sp³-hybridized carbons (Fsp3) is 0.462. The highest BCUT2D eigenvalue weighted by Gasteiger charge is 2.42. The maximum Gasteiger partial charge on any atom is 0.327 e. The molecule has 1 saturated heterocycles. The summed E-state index contributed by atoms with van der Waals surface area (Å²) in [5, 5.41) is 9.32. The van der Waals surface area contributed by atoms with Crippen LogP contribution in [0.15, 0.2) is 12.1 Å². The SMILES string of the molecule is CCCC1SCC(C(=O)O)N1C(=O)c1ccc(Cl)nc1Cl. The van der Waals surface area contributed by atoms with Crippen LogP contribution in [0.4, 0.5) is 0 Å². The van der Waals surface area contributed by atoms with Gasteiger partial charge in [0.25, 0.3) is 5.91 Å². The molecule has 0 bridgehead atoms. The molecule has 21 heavy (non-hydrogen) atoms. The third-order valence-electron chi connectivity index (χ3n) is 3.19. The molecule has 8 heteroatoms. The van der Waals surface area contributed by atoms with Gasteiger partial charge < -0.3 is 10.0 Å². The molecule has 1 fully saturated rings. The quantitative estimate of drug-likeness (QED) is 0.846. The first-order valence-electron chi connectivity index (χ1n) is 6.44. The number of amides is 1. The number of hydrogen-bond donors (Lipinski definition) is 1.